The van der Waals surface area contributed by atoms with Crippen LogP contribution < -0.4 is 5.32 Å². The van der Waals surface area contributed by atoms with Gasteiger partial charge in [-0.15, -0.1) is 0 Å². The molecule has 0 spiro atoms. The van der Waals surface area contributed by atoms with Gasteiger partial charge in [-0.2, -0.15) is 0 Å². The molecule has 0 unspecified atom stereocenters. The summed E-state index contributed by atoms with van der Waals surface area (Å²) >= 11 is 3.47. The minimum Gasteiger partial charge on any atom is -0.390 e. The normalized spacial score (nSPS) is 28.9. The summed E-state index contributed by atoms with van der Waals surface area (Å²) in [5.74, 6) is 0. The zero-order valence-corrected chi connectivity index (χ0v) is 13.2. The van der Waals surface area contributed by atoms with E-state index >= 15 is 0 Å². The number of piperazine rings is 1. The maximum atomic E-state index is 9.95. The van der Waals surface area contributed by atoms with Crippen LogP contribution >= 0.6 is 15.9 Å². The summed E-state index contributed by atoms with van der Waals surface area (Å²) in [6.45, 7) is 6.96. The number of nitrogens with one attached hydrogen (secondary N) is 1. The molecule has 2 N–H and O–H groups in total. The van der Waals surface area contributed by atoms with Crippen LogP contribution in [0.2, 0.25) is 0 Å². The first-order valence-electron chi connectivity index (χ1n) is 7.32. The van der Waals surface area contributed by atoms with Crippen molar-refractivity contribution in [3.05, 3.63) is 34.3 Å². The van der Waals surface area contributed by atoms with Gasteiger partial charge < -0.3 is 10.4 Å². The molecule has 0 amide bonds. The molecule has 1 aromatic carbocycles. The van der Waals surface area contributed by atoms with Crippen LogP contribution in [-0.4, -0.2) is 66.3 Å². The van der Waals surface area contributed by atoms with Crippen molar-refractivity contribution >= 4 is 15.9 Å². The lowest BCUT2D eigenvalue weighted by Crippen LogP contribution is -2.53. The third-order valence-corrected chi connectivity index (χ3v) is 4.88. The maximum Gasteiger partial charge on any atom is 0.0831 e. The number of aliphatic hydroxyl groups excluding tert-OH is 1. The fourth-order valence-corrected chi connectivity index (χ4v) is 3.39. The van der Waals surface area contributed by atoms with Crippen LogP contribution in [0.5, 0.6) is 0 Å². The Hall–Kier alpha value is -0.460. The molecule has 110 valence electrons. The van der Waals surface area contributed by atoms with Crippen molar-refractivity contribution < 1.29 is 5.11 Å². The van der Waals surface area contributed by atoms with Gasteiger partial charge in [0.2, 0.25) is 0 Å². The monoisotopic (exact) mass is 339 g/mol. The molecular formula is C15H22BrN3O. The fraction of sp³-hybridized carbons (Fsp3) is 0.600. The molecule has 5 heteroatoms. The lowest BCUT2D eigenvalue weighted by molar-refractivity contribution is 0.0424. The Labute approximate surface area is 128 Å². The molecule has 1 aromatic rings. The molecule has 2 saturated heterocycles. The third kappa shape index (κ3) is 3.40. The first-order chi connectivity index (χ1) is 9.72. The van der Waals surface area contributed by atoms with Crippen LogP contribution in [0.4, 0.5) is 0 Å². The van der Waals surface area contributed by atoms with Crippen LogP contribution in [-0.2, 0) is 6.54 Å². The summed E-state index contributed by atoms with van der Waals surface area (Å²) in [5, 5.41) is 13.2. The molecule has 2 aliphatic rings. The van der Waals surface area contributed by atoms with Crippen LogP contribution in [0.3, 0.4) is 0 Å². The van der Waals surface area contributed by atoms with E-state index < -0.39 is 0 Å². The number of nitrogens with zero attached hydrogens (tertiary/aromatic N) is 2. The van der Waals surface area contributed by atoms with Crippen molar-refractivity contribution in [2.24, 2.45) is 0 Å². The highest BCUT2D eigenvalue weighted by atomic mass is 79.9. The van der Waals surface area contributed by atoms with E-state index in [2.05, 4.69) is 55.3 Å². The summed E-state index contributed by atoms with van der Waals surface area (Å²) < 4.78 is 1.13. The van der Waals surface area contributed by atoms with Crippen molar-refractivity contribution in [1.82, 2.24) is 15.1 Å². The zero-order chi connectivity index (χ0) is 13.9. The number of halogens is 1. The summed E-state index contributed by atoms with van der Waals surface area (Å²) in [4.78, 5) is 4.93. The highest BCUT2D eigenvalue weighted by Crippen LogP contribution is 2.16. The number of hydrogen-bond donors (Lipinski definition) is 2. The van der Waals surface area contributed by atoms with Gasteiger partial charge in [0.25, 0.3) is 0 Å². The molecular weight excluding hydrogens is 318 g/mol. The molecule has 2 heterocycles. The smallest absolute Gasteiger partial charge is 0.0831 e. The standard InChI is InChI=1S/C15H22BrN3O/c16-13-3-1-12(2-4-13)11-18-5-7-19(8-6-18)14-9-17-10-15(14)20/h1-4,14-15,17,20H,5-11H2/t14-,15-/m0/s1. The molecule has 0 saturated carbocycles. The van der Waals surface area contributed by atoms with Gasteiger partial charge in [0, 0.05) is 56.3 Å². The van der Waals surface area contributed by atoms with Gasteiger partial charge in [-0.25, -0.2) is 0 Å². The van der Waals surface area contributed by atoms with E-state index in [1.807, 2.05) is 0 Å². The quantitative estimate of drug-likeness (QED) is 0.858. The van der Waals surface area contributed by atoms with Crippen molar-refractivity contribution in [1.29, 1.82) is 0 Å². The second kappa shape index (κ2) is 6.54. The van der Waals surface area contributed by atoms with Gasteiger partial charge in [-0.05, 0) is 17.7 Å². The molecule has 20 heavy (non-hydrogen) atoms. The van der Waals surface area contributed by atoms with Crippen LogP contribution in [0.25, 0.3) is 0 Å². The minimum absolute atomic E-state index is 0.201. The fourth-order valence-electron chi connectivity index (χ4n) is 3.12. The molecule has 0 aliphatic carbocycles. The first kappa shape index (κ1) is 14.5. The largest absolute Gasteiger partial charge is 0.390 e. The van der Waals surface area contributed by atoms with E-state index in [9.17, 15) is 5.11 Å². The second-order valence-corrected chi connectivity index (χ2v) is 6.65. The van der Waals surface area contributed by atoms with Crippen LogP contribution in [0.15, 0.2) is 28.7 Å². The Balaban J connectivity index is 1.49. The molecule has 2 fully saturated rings. The van der Waals surface area contributed by atoms with E-state index in [1.54, 1.807) is 0 Å². The molecule has 4 nitrogen and oxygen atoms in total. The molecule has 0 aromatic heterocycles. The predicted molar refractivity (Wildman–Crippen MR) is 83.7 cm³/mol. The van der Waals surface area contributed by atoms with E-state index in [0.717, 1.165) is 50.3 Å². The van der Waals surface area contributed by atoms with E-state index in [4.69, 9.17) is 0 Å². The number of benzene rings is 1. The van der Waals surface area contributed by atoms with Crippen molar-refractivity contribution in [3.8, 4) is 0 Å². The minimum atomic E-state index is -0.201. The Morgan fingerprint density at radius 2 is 1.80 bits per heavy atom. The predicted octanol–water partition coefficient (Wildman–Crippen LogP) is 0.899. The van der Waals surface area contributed by atoms with Crippen molar-refractivity contribution in [2.45, 2.75) is 18.7 Å². The van der Waals surface area contributed by atoms with Gasteiger partial charge in [0.1, 0.15) is 0 Å². The van der Waals surface area contributed by atoms with Gasteiger partial charge in [0.05, 0.1) is 6.10 Å². The summed E-state index contributed by atoms with van der Waals surface area (Å²) in [5.41, 5.74) is 1.37. The summed E-state index contributed by atoms with van der Waals surface area (Å²) in [6.07, 6.45) is -0.201. The number of β-amino-alcohol motifs (C(OH)–C–C–N with tert-alkyl or cyclic N) is 1. The Morgan fingerprint density at radius 3 is 2.40 bits per heavy atom. The molecule has 0 radical (unpaired) electrons. The summed E-state index contributed by atoms with van der Waals surface area (Å²) in [7, 11) is 0. The Morgan fingerprint density at radius 1 is 1.10 bits per heavy atom. The molecule has 2 atom stereocenters. The number of hydrogen-bond acceptors (Lipinski definition) is 4. The van der Waals surface area contributed by atoms with Gasteiger partial charge >= 0.3 is 0 Å². The van der Waals surface area contributed by atoms with E-state index in [1.165, 1.54) is 5.56 Å². The van der Waals surface area contributed by atoms with E-state index in [-0.39, 0.29) is 6.10 Å². The van der Waals surface area contributed by atoms with E-state index in [0.29, 0.717) is 6.04 Å². The average Bonchev–Trinajstić information content (AvgIpc) is 2.89. The number of rotatable bonds is 3. The lowest BCUT2D eigenvalue weighted by atomic mass is 10.1. The Kier molecular flexibility index (Phi) is 4.73. The lowest BCUT2D eigenvalue weighted by Gasteiger charge is -2.38. The van der Waals surface area contributed by atoms with Crippen molar-refractivity contribution in [2.75, 3.05) is 39.3 Å². The first-order valence-corrected chi connectivity index (χ1v) is 8.11. The SMILES string of the molecule is O[C@H]1CNC[C@@H]1N1CCN(Cc2ccc(Br)cc2)CC1. The van der Waals surface area contributed by atoms with Crippen LogP contribution in [0, 0.1) is 0 Å². The zero-order valence-electron chi connectivity index (χ0n) is 11.6. The van der Waals surface area contributed by atoms with Gasteiger partial charge in [-0.1, -0.05) is 28.1 Å². The van der Waals surface area contributed by atoms with Crippen molar-refractivity contribution in [3.63, 3.8) is 0 Å². The van der Waals surface area contributed by atoms with Crippen LogP contribution in [0.1, 0.15) is 5.56 Å². The number of aliphatic hydroxyl groups is 1. The molecule has 2 aliphatic heterocycles. The third-order valence-electron chi connectivity index (χ3n) is 4.35. The highest BCUT2D eigenvalue weighted by molar-refractivity contribution is 9.10. The van der Waals surface area contributed by atoms with Gasteiger partial charge in [0.15, 0.2) is 0 Å². The summed E-state index contributed by atoms with van der Waals surface area (Å²) in [6, 6.07) is 8.88. The molecule has 0 bridgehead atoms. The highest BCUT2D eigenvalue weighted by Gasteiger charge is 2.32. The maximum absolute atomic E-state index is 9.95. The average molecular weight is 340 g/mol. The Bertz CT molecular complexity index is 431. The topological polar surface area (TPSA) is 38.7 Å². The second-order valence-electron chi connectivity index (χ2n) is 5.73. The van der Waals surface area contributed by atoms with Gasteiger partial charge in [-0.3, -0.25) is 9.80 Å². The molecule has 3 rings (SSSR count).